The van der Waals surface area contributed by atoms with E-state index in [2.05, 4.69) is 24.0 Å². The first kappa shape index (κ1) is 15.3. The largest absolute Gasteiger partial charge is 0.396 e. The van der Waals surface area contributed by atoms with E-state index < -0.39 is 0 Å². The molecule has 0 radical (unpaired) electrons. The van der Waals surface area contributed by atoms with Crippen LogP contribution in [-0.4, -0.2) is 56.1 Å². The Morgan fingerprint density at radius 3 is 3.10 bits per heavy atom. The molecule has 6 nitrogen and oxygen atoms in total. The van der Waals surface area contributed by atoms with Gasteiger partial charge in [0.15, 0.2) is 5.16 Å². The van der Waals surface area contributed by atoms with Crippen molar-refractivity contribution in [1.82, 2.24) is 19.7 Å². The van der Waals surface area contributed by atoms with Crippen LogP contribution in [0.3, 0.4) is 0 Å². The number of likely N-dealkylation sites (tertiary alicyclic amines) is 1. The number of aliphatic hydroxyl groups excluding tert-OH is 1. The Bertz CT molecular complexity index is 449. The number of nitrogens with zero attached hydrogens (tertiary/aromatic N) is 4. The van der Waals surface area contributed by atoms with Gasteiger partial charge in [-0.3, -0.25) is 4.79 Å². The van der Waals surface area contributed by atoms with Gasteiger partial charge in [0, 0.05) is 25.7 Å². The van der Waals surface area contributed by atoms with E-state index in [4.69, 9.17) is 0 Å². The summed E-state index contributed by atoms with van der Waals surface area (Å²) in [7, 11) is 0. The minimum absolute atomic E-state index is 0.117. The van der Waals surface area contributed by atoms with E-state index >= 15 is 0 Å². The number of rotatable bonds is 5. The third kappa shape index (κ3) is 3.73. The maximum atomic E-state index is 12.2. The van der Waals surface area contributed by atoms with Gasteiger partial charge < -0.3 is 14.6 Å². The Morgan fingerprint density at radius 1 is 1.60 bits per heavy atom. The lowest BCUT2D eigenvalue weighted by atomic mass is 9.99. The lowest BCUT2D eigenvalue weighted by molar-refractivity contribution is -0.130. The number of aromatic nitrogens is 3. The molecule has 2 heterocycles. The first-order valence-electron chi connectivity index (χ1n) is 7.02. The number of carbonyl (C=O) groups excluding carboxylic acids is 1. The van der Waals surface area contributed by atoms with Gasteiger partial charge in [-0.15, -0.1) is 10.2 Å². The molecule has 0 saturated carbocycles. The smallest absolute Gasteiger partial charge is 0.233 e. The van der Waals surface area contributed by atoms with Crippen molar-refractivity contribution in [3.8, 4) is 0 Å². The molecule has 1 fully saturated rings. The standard InChI is InChI=1S/C13H22N4O2S/c1-10(2)17-9-14-15-13(17)20-8-12(19)16-5-3-4-11(6-16)7-18/h9-11,18H,3-8H2,1-2H3. The van der Waals surface area contributed by atoms with Gasteiger partial charge in [0.2, 0.25) is 5.91 Å². The molecule has 0 aliphatic carbocycles. The molecule has 1 aliphatic rings. The van der Waals surface area contributed by atoms with Crippen molar-refractivity contribution in [2.45, 2.75) is 37.9 Å². The van der Waals surface area contributed by atoms with E-state index in [-0.39, 0.29) is 24.5 Å². The van der Waals surface area contributed by atoms with E-state index in [0.717, 1.165) is 24.5 Å². The van der Waals surface area contributed by atoms with Crippen molar-refractivity contribution in [3.05, 3.63) is 6.33 Å². The van der Waals surface area contributed by atoms with E-state index in [9.17, 15) is 9.90 Å². The van der Waals surface area contributed by atoms with E-state index in [1.165, 1.54) is 11.8 Å². The third-order valence-electron chi connectivity index (χ3n) is 3.55. The summed E-state index contributed by atoms with van der Waals surface area (Å²) in [6.45, 7) is 5.76. The van der Waals surface area contributed by atoms with Crippen molar-refractivity contribution in [3.63, 3.8) is 0 Å². The van der Waals surface area contributed by atoms with Gasteiger partial charge in [0.05, 0.1) is 5.75 Å². The Kier molecular flexibility index (Phi) is 5.42. The predicted octanol–water partition coefficient (Wildman–Crippen LogP) is 1.18. The van der Waals surface area contributed by atoms with E-state index in [0.29, 0.717) is 12.3 Å². The molecule has 1 N–H and O–H groups in total. The van der Waals surface area contributed by atoms with Crippen LogP contribution in [0.2, 0.25) is 0 Å². The lowest BCUT2D eigenvalue weighted by Crippen LogP contribution is -2.41. The summed E-state index contributed by atoms with van der Waals surface area (Å²) in [6.07, 6.45) is 3.68. The first-order valence-corrected chi connectivity index (χ1v) is 8.01. The average Bonchev–Trinajstić information content (AvgIpc) is 2.93. The summed E-state index contributed by atoms with van der Waals surface area (Å²) in [5.41, 5.74) is 0. The zero-order valence-electron chi connectivity index (χ0n) is 12.0. The van der Waals surface area contributed by atoms with Gasteiger partial charge in [-0.25, -0.2) is 0 Å². The normalized spacial score (nSPS) is 19.6. The number of amides is 1. The molecule has 7 heteroatoms. The van der Waals surface area contributed by atoms with Crippen molar-refractivity contribution >= 4 is 17.7 Å². The summed E-state index contributed by atoms with van der Waals surface area (Å²) in [5.74, 6) is 0.729. The Hall–Kier alpha value is -1.08. The summed E-state index contributed by atoms with van der Waals surface area (Å²) < 4.78 is 1.96. The fourth-order valence-electron chi connectivity index (χ4n) is 2.35. The Labute approximate surface area is 123 Å². The van der Waals surface area contributed by atoms with Gasteiger partial charge in [-0.1, -0.05) is 11.8 Å². The van der Waals surface area contributed by atoms with Crippen LogP contribution in [0, 0.1) is 5.92 Å². The van der Waals surface area contributed by atoms with Gasteiger partial charge in [-0.2, -0.15) is 0 Å². The van der Waals surface area contributed by atoms with Crippen molar-refractivity contribution in [1.29, 1.82) is 0 Å². The molecule has 0 spiro atoms. The third-order valence-corrected chi connectivity index (χ3v) is 4.49. The number of hydrogen-bond donors (Lipinski definition) is 1. The maximum absolute atomic E-state index is 12.2. The maximum Gasteiger partial charge on any atom is 0.233 e. The Balaban J connectivity index is 1.87. The van der Waals surface area contributed by atoms with Gasteiger partial charge in [0.1, 0.15) is 6.33 Å². The highest BCUT2D eigenvalue weighted by molar-refractivity contribution is 7.99. The fourth-order valence-corrected chi connectivity index (χ4v) is 3.29. The highest BCUT2D eigenvalue weighted by Gasteiger charge is 2.23. The Morgan fingerprint density at radius 2 is 2.40 bits per heavy atom. The van der Waals surface area contributed by atoms with Crippen LogP contribution in [0.4, 0.5) is 0 Å². The molecule has 1 atom stereocenters. The molecule has 0 aromatic carbocycles. The monoisotopic (exact) mass is 298 g/mol. The number of thioether (sulfide) groups is 1. The summed E-state index contributed by atoms with van der Waals surface area (Å²) in [4.78, 5) is 14.1. The molecule has 0 bridgehead atoms. The number of hydrogen-bond acceptors (Lipinski definition) is 5. The van der Waals surface area contributed by atoms with Gasteiger partial charge in [0.25, 0.3) is 0 Å². The zero-order chi connectivity index (χ0) is 14.5. The van der Waals surface area contributed by atoms with Crippen LogP contribution in [0.25, 0.3) is 0 Å². The molecule has 20 heavy (non-hydrogen) atoms. The first-order chi connectivity index (χ1) is 9.61. The summed E-state index contributed by atoms with van der Waals surface area (Å²) in [6, 6.07) is 0.288. The molecule has 1 aromatic heterocycles. The molecule has 1 amide bonds. The quantitative estimate of drug-likeness (QED) is 0.827. The highest BCUT2D eigenvalue weighted by Crippen LogP contribution is 2.21. The molecule has 1 saturated heterocycles. The van der Waals surface area contributed by atoms with Crippen LogP contribution in [-0.2, 0) is 4.79 Å². The SMILES string of the molecule is CC(C)n1cnnc1SCC(=O)N1CCCC(CO)C1. The number of piperidine rings is 1. The van der Waals surface area contributed by atoms with Crippen LogP contribution in [0.5, 0.6) is 0 Å². The lowest BCUT2D eigenvalue weighted by Gasteiger charge is -2.31. The van der Waals surface area contributed by atoms with Crippen molar-refractivity contribution in [2.24, 2.45) is 5.92 Å². The van der Waals surface area contributed by atoms with Crippen LogP contribution in [0.15, 0.2) is 11.5 Å². The number of carbonyl (C=O) groups is 1. The van der Waals surface area contributed by atoms with Crippen LogP contribution in [0.1, 0.15) is 32.7 Å². The number of aliphatic hydroxyl groups is 1. The average molecular weight is 298 g/mol. The predicted molar refractivity (Wildman–Crippen MR) is 77.5 cm³/mol. The second-order valence-corrected chi connectivity index (χ2v) is 6.38. The highest BCUT2D eigenvalue weighted by atomic mass is 32.2. The minimum Gasteiger partial charge on any atom is -0.396 e. The van der Waals surface area contributed by atoms with E-state index in [1.807, 2.05) is 9.47 Å². The van der Waals surface area contributed by atoms with Gasteiger partial charge in [-0.05, 0) is 32.6 Å². The van der Waals surface area contributed by atoms with E-state index in [1.54, 1.807) is 6.33 Å². The second kappa shape index (κ2) is 7.08. The van der Waals surface area contributed by atoms with Crippen LogP contribution < -0.4 is 0 Å². The molecule has 2 rings (SSSR count). The summed E-state index contributed by atoms with van der Waals surface area (Å²) in [5, 5.41) is 17.9. The molecular formula is C13H22N4O2S. The fraction of sp³-hybridized carbons (Fsp3) is 0.769. The molecular weight excluding hydrogens is 276 g/mol. The topological polar surface area (TPSA) is 71.2 Å². The molecule has 112 valence electrons. The van der Waals surface area contributed by atoms with Crippen molar-refractivity contribution < 1.29 is 9.90 Å². The molecule has 1 aromatic rings. The molecule has 1 unspecified atom stereocenters. The summed E-state index contributed by atoms with van der Waals surface area (Å²) >= 11 is 1.43. The van der Waals surface area contributed by atoms with Gasteiger partial charge >= 0.3 is 0 Å². The van der Waals surface area contributed by atoms with Crippen molar-refractivity contribution in [2.75, 3.05) is 25.4 Å². The van der Waals surface area contributed by atoms with Crippen LogP contribution >= 0.6 is 11.8 Å². The minimum atomic E-state index is 0.117. The molecule has 1 aliphatic heterocycles. The second-order valence-electron chi connectivity index (χ2n) is 5.43. The zero-order valence-corrected chi connectivity index (χ0v) is 12.8.